The van der Waals surface area contributed by atoms with E-state index in [1.807, 2.05) is 0 Å². The smallest absolute Gasteiger partial charge is 0.160 e. The third kappa shape index (κ3) is 5.64. The van der Waals surface area contributed by atoms with Crippen LogP contribution in [0.2, 0.25) is 0 Å². The number of nitrogens with zero attached hydrogens (tertiary/aromatic N) is 4. The first-order valence-corrected chi connectivity index (χ1v) is 23.3. The number of fused-ring (bicyclic) bond motifs is 13. The van der Waals surface area contributed by atoms with E-state index in [4.69, 9.17) is 15.1 Å². The standard InChI is InChI=1S/C64H40N4/c1-4-19-41(20-5-1)57-40-58(66-63(65-57)47-35-36-52-51-31-14-17-34-55(51)64(56(52)38-47)53-32-15-12-29-49(53)50-30-13-16-33-54(50)64)45-26-18-27-46(37-45)59-39-44-25-10-11-28-48(44)62-60(42-21-6-2-7-22-42)61(67-68(59)62)43-23-8-3-9-24-43/h1-40H. The number of benzene rings is 9. The zero-order valence-corrected chi connectivity index (χ0v) is 36.9. The SMILES string of the molecule is c1ccc(-c2cc(-c3cccc(-c4cc5ccccc5c5c(-c6ccccc6)c(-c6ccccc6)nn45)c3)nc(-c3ccc4c(c3)C3(c5ccccc5-c5ccccc53)c3ccccc3-4)n2)cc1. The molecule has 68 heavy (non-hydrogen) atoms. The highest BCUT2D eigenvalue weighted by Crippen LogP contribution is 2.63. The van der Waals surface area contributed by atoms with Gasteiger partial charge in [0.2, 0.25) is 0 Å². The van der Waals surface area contributed by atoms with Crippen LogP contribution in [0.4, 0.5) is 0 Å². The van der Waals surface area contributed by atoms with E-state index in [0.29, 0.717) is 5.82 Å². The summed E-state index contributed by atoms with van der Waals surface area (Å²) in [7, 11) is 0. The molecule has 14 rings (SSSR count). The molecule has 3 aromatic heterocycles. The van der Waals surface area contributed by atoms with Crippen LogP contribution in [0.25, 0.3) is 106 Å². The number of pyridine rings is 1. The summed E-state index contributed by atoms with van der Waals surface area (Å²) in [5.74, 6) is 0.681. The molecule has 2 aliphatic carbocycles. The molecule has 0 saturated heterocycles. The monoisotopic (exact) mass is 864 g/mol. The average Bonchev–Trinajstić information content (AvgIpc) is 4.07. The zero-order chi connectivity index (χ0) is 44.8. The van der Waals surface area contributed by atoms with E-state index in [9.17, 15) is 0 Å². The summed E-state index contributed by atoms with van der Waals surface area (Å²) in [5, 5.41) is 7.79. The molecule has 3 heterocycles. The van der Waals surface area contributed by atoms with Gasteiger partial charge in [0.1, 0.15) is 5.69 Å². The Morgan fingerprint density at radius 3 is 1.51 bits per heavy atom. The molecule has 0 fully saturated rings. The molecule has 4 nitrogen and oxygen atoms in total. The van der Waals surface area contributed by atoms with Gasteiger partial charge in [-0.3, -0.25) is 0 Å². The van der Waals surface area contributed by atoms with E-state index >= 15 is 0 Å². The minimum atomic E-state index is -0.470. The maximum Gasteiger partial charge on any atom is 0.160 e. The van der Waals surface area contributed by atoms with Gasteiger partial charge >= 0.3 is 0 Å². The van der Waals surface area contributed by atoms with E-state index in [1.165, 1.54) is 44.5 Å². The van der Waals surface area contributed by atoms with Crippen molar-refractivity contribution in [1.82, 2.24) is 19.6 Å². The second kappa shape index (κ2) is 15.0. The van der Waals surface area contributed by atoms with Crippen molar-refractivity contribution in [3.8, 4) is 89.8 Å². The normalized spacial score (nSPS) is 12.8. The highest BCUT2D eigenvalue weighted by atomic mass is 15.2. The zero-order valence-electron chi connectivity index (χ0n) is 36.9. The van der Waals surface area contributed by atoms with Crippen molar-refractivity contribution in [3.05, 3.63) is 265 Å². The summed E-state index contributed by atoms with van der Waals surface area (Å²) in [6.07, 6.45) is 0. The van der Waals surface area contributed by atoms with E-state index in [1.54, 1.807) is 0 Å². The van der Waals surface area contributed by atoms with Crippen molar-refractivity contribution in [2.24, 2.45) is 0 Å². The van der Waals surface area contributed by atoms with Crippen molar-refractivity contribution in [2.75, 3.05) is 0 Å². The van der Waals surface area contributed by atoms with Gasteiger partial charge in [-0.15, -0.1) is 0 Å². The number of hydrogen-bond acceptors (Lipinski definition) is 3. The maximum atomic E-state index is 5.49. The molecule has 0 bridgehead atoms. The quantitative estimate of drug-likeness (QED) is 0.167. The lowest BCUT2D eigenvalue weighted by Gasteiger charge is -2.30. The van der Waals surface area contributed by atoms with Crippen LogP contribution in [0.15, 0.2) is 243 Å². The van der Waals surface area contributed by atoms with Crippen molar-refractivity contribution >= 4 is 16.3 Å². The van der Waals surface area contributed by atoms with Crippen molar-refractivity contribution in [1.29, 1.82) is 0 Å². The number of aromatic nitrogens is 4. The van der Waals surface area contributed by atoms with Gasteiger partial charge in [-0.2, -0.15) is 5.10 Å². The fourth-order valence-electron chi connectivity index (χ4n) is 11.3. The van der Waals surface area contributed by atoms with E-state index in [0.717, 1.165) is 78.0 Å². The molecule has 0 N–H and O–H groups in total. The number of hydrogen-bond donors (Lipinski definition) is 0. The highest BCUT2D eigenvalue weighted by molar-refractivity contribution is 6.08. The van der Waals surface area contributed by atoms with E-state index in [2.05, 4.69) is 247 Å². The average molecular weight is 865 g/mol. The van der Waals surface area contributed by atoms with Gasteiger partial charge in [0, 0.05) is 38.8 Å². The molecular weight excluding hydrogens is 825 g/mol. The predicted octanol–water partition coefficient (Wildman–Crippen LogP) is 15.6. The highest BCUT2D eigenvalue weighted by Gasteiger charge is 2.51. The minimum absolute atomic E-state index is 0.470. The molecule has 0 radical (unpaired) electrons. The van der Waals surface area contributed by atoms with Gasteiger partial charge in [0.15, 0.2) is 5.82 Å². The summed E-state index contributed by atoms with van der Waals surface area (Å²) < 4.78 is 2.16. The Bertz CT molecular complexity index is 3900. The van der Waals surface area contributed by atoms with Crippen molar-refractivity contribution in [3.63, 3.8) is 0 Å². The van der Waals surface area contributed by atoms with Crippen LogP contribution in [0.5, 0.6) is 0 Å². The molecular formula is C64H40N4. The van der Waals surface area contributed by atoms with Crippen LogP contribution in [-0.4, -0.2) is 19.6 Å². The predicted molar refractivity (Wildman–Crippen MR) is 277 cm³/mol. The van der Waals surface area contributed by atoms with Crippen molar-refractivity contribution < 1.29 is 0 Å². The summed E-state index contributed by atoms with van der Waals surface area (Å²) >= 11 is 0. The summed E-state index contributed by atoms with van der Waals surface area (Å²) in [4.78, 5) is 10.9. The van der Waals surface area contributed by atoms with Gasteiger partial charge in [0.05, 0.1) is 28.0 Å². The van der Waals surface area contributed by atoms with E-state index in [-0.39, 0.29) is 0 Å². The molecule has 12 aromatic rings. The van der Waals surface area contributed by atoms with Crippen molar-refractivity contribution in [2.45, 2.75) is 5.41 Å². The molecule has 2 aliphatic rings. The van der Waals surface area contributed by atoms with Crippen LogP contribution in [0, 0.1) is 0 Å². The van der Waals surface area contributed by atoms with Gasteiger partial charge in [0.25, 0.3) is 0 Å². The van der Waals surface area contributed by atoms with Crippen LogP contribution in [-0.2, 0) is 5.41 Å². The first-order chi connectivity index (χ1) is 33.7. The first kappa shape index (κ1) is 38.3. The summed E-state index contributed by atoms with van der Waals surface area (Å²) in [5.41, 5.74) is 21.9. The summed E-state index contributed by atoms with van der Waals surface area (Å²) in [6, 6.07) is 87.2. The molecule has 4 heteroatoms. The second-order valence-corrected chi connectivity index (χ2v) is 17.9. The third-order valence-electron chi connectivity index (χ3n) is 14.2. The van der Waals surface area contributed by atoms with E-state index < -0.39 is 5.41 Å². The molecule has 0 unspecified atom stereocenters. The van der Waals surface area contributed by atoms with Crippen LogP contribution in [0.1, 0.15) is 22.3 Å². The Labute approximate surface area is 394 Å². The Morgan fingerprint density at radius 2 is 0.853 bits per heavy atom. The largest absolute Gasteiger partial charge is 0.231 e. The second-order valence-electron chi connectivity index (χ2n) is 17.9. The van der Waals surface area contributed by atoms with Gasteiger partial charge in [-0.25, -0.2) is 14.5 Å². The van der Waals surface area contributed by atoms with Gasteiger partial charge in [-0.05, 0) is 79.7 Å². The minimum Gasteiger partial charge on any atom is -0.231 e. The lowest BCUT2D eigenvalue weighted by atomic mass is 9.70. The summed E-state index contributed by atoms with van der Waals surface area (Å²) in [6.45, 7) is 0. The molecule has 1 spiro atoms. The Balaban J connectivity index is 0.971. The number of rotatable bonds is 6. The first-order valence-electron chi connectivity index (χ1n) is 23.3. The Morgan fingerprint density at radius 1 is 0.338 bits per heavy atom. The lowest BCUT2D eigenvalue weighted by Crippen LogP contribution is -2.25. The van der Waals surface area contributed by atoms with Crippen LogP contribution < -0.4 is 0 Å². The maximum absolute atomic E-state index is 5.49. The molecule has 0 amide bonds. The fourth-order valence-corrected chi connectivity index (χ4v) is 11.3. The lowest BCUT2D eigenvalue weighted by molar-refractivity contribution is 0.794. The van der Waals surface area contributed by atoms with Gasteiger partial charge in [-0.1, -0.05) is 218 Å². The molecule has 316 valence electrons. The van der Waals surface area contributed by atoms with Gasteiger partial charge < -0.3 is 0 Å². The molecule has 0 saturated carbocycles. The molecule has 9 aromatic carbocycles. The Hall–Kier alpha value is -8.99. The molecule has 0 aliphatic heterocycles. The molecule has 0 atom stereocenters. The van der Waals surface area contributed by atoms with Crippen LogP contribution >= 0.6 is 0 Å². The topological polar surface area (TPSA) is 43.1 Å². The fraction of sp³-hybridized carbons (Fsp3) is 0.0156. The van der Waals surface area contributed by atoms with Crippen LogP contribution in [0.3, 0.4) is 0 Å². The third-order valence-corrected chi connectivity index (χ3v) is 14.2. The Kier molecular flexibility index (Phi) is 8.46.